The van der Waals surface area contributed by atoms with Crippen LogP contribution in [0.1, 0.15) is 0 Å². The molecular weight excluding hydrogens is 961 g/mol. The van der Waals surface area contributed by atoms with Crippen LogP contribution in [0.3, 0.4) is 0 Å². The summed E-state index contributed by atoms with van der Waals surface area (Å²) in [6.07, 6.45) is 0. The second-order valence-electron chi connectivity index (χ2n) is 19.3. The summed E-state index contributed by atoms with van der Waals surface area (Å²) in [5.41, 5.74) is 15.5. The van der Waals surface area contributed by atoms with Crippen molar-refractivity contribution in [2.45, 2.75) is 0 Å². The predicted molar refractivity (Wildman–Crippen MR) is 322 cm³/mol. The monoisotopic (exact) mass is 1000 g/mol. The molecule has 0 spiro atoms. The predicted octanol–water partition coefficient (Wildman–Crippen LogP) is 19.6. The van der Waals surface area contributed by atoms with Crippen molar-refractivity contribution >= 4 is 84.7 Å². The average molecular weight is 1000 g/mol. The van der Waals surface area contributed by atoms with Gasteiger partial charge in [-0.15, -0.1) is 22.7 Å². The van der Waals surface area contributed by atoms with Gasteiger partial charge in [0.25, 0.3) is 0 Å². The molecule has 4 aromatic heterocycles. The van der Waals surface area contributed by atoms with Crippen molar-refractivity contribution in [3.05, 3.63) is 255 Å². The summed E-state index contributed by atoms with van der Waals surface area (Å²) >= 11 is 3.75. The van der Waals surface area contributed by atoms with Crippen molar-refractivity contribution in [1.29, 1.82) is 0 Å². The van der Waals surface area contributed by atoms with Crippen LogP contribution in [0.4, 0.5) is 0 Å². The first-order chi connectivity index (χ1) is 37.6. The Kier molecular flexibility index (Phi) is 10.5. The van der Waals surface area contributed by atoms with Crippen molar-refractivity contribution in [3.63, 3.8) is 0 Å². The summed E-state index contributed by atoms with van der Waals surface area (Å²) < 4.78 is 5.09. The molecule has 0 atom stereocenters. The molecule has 0 aliphatic rings. The van der Waals surface area contributed by atoms with Gasteiger partial charge in [-0.25, -0.2) is 19.9 Å². The first-order valence-corrected chi connectivity index (χ1v) is 27.1. The van der Waals surface area contributed by atoms with E-state index in [0.29, 0.717) is 17.5 Å². The molecule has 0 amide bonds. The molecule has 15 rings (SSSR count). The van der Waals surface area contributed by atoms with Crippen LogP contribution in [-0.2, 0) is 0 Å². The fourth-order valence-electron chi connectivity index (χ4n) is 11.0. The summed E-state index contributed by atoms with van der Waals surface area (Å²) in [5, 5.41) is 8.68. The molecule has 11 aromatic carbocycles. The lowest BCUT2D eigenvalue weighted by Gasteiger charge is -2.11. The number of hydrogen-bond acceptors (Lipinski definition) is 6. The zero-order chi connectivity index (χ0) is 50.1. The van der Waals surface area contributed by atoms with E-state index in [4.69, 9.17) is 19.9 Å². The van der Waals surface area contributed by atoms with Gasteiger partial charge in [0, 0.05) is 84.3 Å². The topological polar surface area (TPSA) is 51.6 Å². The van der Waals surface area contributed by atoms with Crippen LogP contribution < -0.4 is 0 Å². The van der Waals surface area contributed by atoms with E-state index >= 15 is 0 Å². The van der Waals surface area contributed by atoms with Gasteiger partial charge in [0.1, 0.15) is 0 Å². The standard InChI is InChI=1S/C70H42N4S2/c1-5-17-43(18-6-1)52-41-58(45-33-31-44(32-34-45)49-35-38-62-59(40-49)55-36-37-57-63(67(55)75-62)56-27-13-14-30-61(56)71-64(57)46-19-7-2-8-20-46)66-60(42-52)54-29-16-28-53(65(54)76-66)50-25-15-26-51(39-50)70-73-68(47-21-9-3-10-22-47)72-69(74-70)48-23-11-4-12-24-48/h1-42H. The Morgan fingerprint density at radius 1 is 0.237 bits per heavy atom. The van der Waals surface area contributed by atoms with Crippen molar-refractivity contribution < 1.29 is 0 Å². The maximum atomic E-state index is 5.21. The second kappa shape index (κ2) is 18.2. The Hall–Kier alpha value is -9.46. The number of pyridine rings is 1. The molecular formula is C70H42N4S2. The zero-order valence-electron chi connectivity index (χ0n) is 40.9. The highest BCUT2D eigenvalue weighted by molar-refractivity contribution is 7.27. The Morgan fingerprint density at radius 3 is 1.47 bits per heavy atom. The Morgan fingerprint density at radius 2 is 0.750 bits per heavy atom. The van der Waals surface area contributed by atoms with Crippen LogP contribution in [0.2, 0.25) is 0 Å². The number of nitrogens with zero attached hydrogens (tertiary/aromatic N) is 4. The molecule has 0 saturated carbocycles. The number of fused-ring (bicyclic) bond motifs is 10. The van der Waals surface area contributed by atoms with Gasteiger partial charge in [0.2, 0.25) is 0 Å². The van der Waals surface area contributed by atoms with E-state index in [1.807, 2.05) is 83.3 Å². The Balaban J connectivity index is 0.834. The molecule has 4 nitrogen and oxygen atoms in total. The lowest BCUT2D eigenvalue weighted by molar-refractivity contribution is 1.07. The lowest BCUT2D eigenvalue weighted by atomic mass is 9.94. The molecule has 0 radical (unpaired) electrons. The minimum absolute atomic E-state index is 0.637. The van der Waals surface area contributed by atoms with E-state index in [1.165, 1.54) is 95.4 Å². The molecule has 0 unspecified atom stereocenters. The number of thiophene rings is 2. The van der Waals surface area contributed by atoms with Gasteiger partial charge in [-0.05, 0) is 75.3 Å². The molecule has 354 valence electrons. The van der Waals surface area contributed by atoms with E-state index in [2.05, 4.69) is 194 Å². The Labute approximate surface area is 446 Å². The highest BCUT2D eigenvalue weighted by atomic mass is 32.1. The van der Waals surface area contributed by atoms with Crippen LogP contribution in [0.5, 0.6) is 0 Å². The third-order valence-electron chi connectivity index (χ3n) is 14.7. The quantitative estimate of drug-likeness (QED) is 0.142. The normalized spacial score (nSPS) is 11.7. The third-order valence-corrected chi connectivity index (χ3v) is 17.2. The lowest BCUT2D eigenvalue weighted by Crippen LogP contribution is -2.00. The minimum atomic E-state index is 0.637. The van der Waals surface area contributed by atoms with Crippen LogP contribution in [0, 0.1) is 0 Å². The smallest absolute Gasteiger partial charge is 0.164 e. The van der Waals surface area contributed by atoms with E-state index in [9.17, 15) is 0 Å². The molecule has 0 N–H and O–H groups in total. The zero-order valence-corrected chi connectivity index (χ0v) is 42.5. The van der Waals surface area contributed by atoms with Crippen molar-refractivity contribution in [2.75, 3.05) is 0 Å². The van der Waals surface area contributed by atoms with E-state index in [1.54, 1.807) is 0 Å². The molecule has 0 saturated heterocycles. The number of rotatable bonds is 8. The van der Waals surface area contributed by atoms with Crippen LogP contribution in [0.15, 0.2) is 255 Å². The van der Waals surface area contributed by atoms with Gasteiger partial charge in [0.05, 0.1) is 11.2 Å². The van der Waals surface area contributed by atoms with Crippen molar-refractivity contribution in [2.24, 2.45) is 0 Å². The highest BCUT2D eigenvalue weighted by Gasteiger charge is 2.20. The summed E-state index contributed by atoms with van der Waals surface area (Å²) in [6.45, 7) is 0. The second-order valence-corrected chi connectivity index (χ2v) is 21.3. The summed E-state index contributed by atoms with van der Waals surface area (Å²) in [6, 6.07) is 91.1. The number of hydrogen-bond donors (Lipinski definition) is 0. The Bertz CT molecular complexity index is 4670. The number of benzene rings is 11. The molecule has 4 heterocycles. The molecule has 15 aromatic rings. The molecule has 76 heavy (non-hydrogen) atoms. The maximum absolute atomic E-state index is 5.21. The van der Waals surface area contributed by atoms with Crippen LogP contribution in [0.25, 0.3) is 152 Å². The largest absolute Gasteiger partial charge is 0.247 e. The van der Waals surface area contributed by atoms with E-state index in [-0.39, 0.29) is 0 Å². The van der Waals surface area contributed by atoms with Gasteiger partial charge in [-0.2, -0.15) is 0 Å². The number of para-hydroxylation sites is 1. The van der Waals surface area contributed by atoms with Crippen molar-refractivity contribution in [1.82, 2.24) is 19.9 Å². The van der Waals surface area contributed by atoms with Gasteiger partial charge in [-0.1, -0.05) is 218 Å². The molecule has 0 aliphatic carbocycles. The SMILES string of the molecule is c1ccc(-c2cc(-c3ccc(-c4ccc5sc6c(ccc7c(-c8ccccc8)nc8ccccc8c76)c5c4)cc3)c3sc4c(-c5cccc(-c6nc(-c7ccccc7)nc(-c7ccccc7)n6)c5)cccc4c3c2)cc1. The first-order valence-electron chi connectivity index (χ1n) is 25.5. The molecule has 0 aliphatic heterocycles. The van der Waals surface area contributed by atoms with Gasteiger partial charge < -0.3 is 0 Å². The van der Waals surface area contributed by atoms with Gasteiger partial charge >= 0.3 is 0 Å². The third kappa shape index (κ3) is 7.57. The molecule has 0 bridgehead atoms. The summed E-state index contributed by atoms with van der Waals surface area (Å²) in [7, 11) is 0. The van der Waals surface area contributed by atoms with Gasteiger partial charge in [-0.3, -0.25) is 0 Å². The highest BCUT2D eigenvalue weighted by Crippen LogP contribution is 2.48. The van der Waals surface area contributed by atoms with Crippen LogP contribution >= 0.6 is 22.7 Å². The van der Waals surface area contributed by atoms with E-state index < -0.39 is 0 Å². The van der Waals surface area contributed by atoms with E-state index in [0.717, 1.165) is 39.0 Å². The number of aromatic nitrogens is 4. The fourth-order valence-corrected chi connectivity index (χ4v) is 13.6. The van der Waals surface area contributed by atoms with Crippen LogP contribution in [-0.4, -0.2) is 19.9 Å². The molecule has 6 heteroatoms. The average Bonchev–Trinajstić information content (AvgIpc) is 4.18. The minimum Gasteiger partial charge on any atom is -0.247 e. The maximum Gasteiger partial charge on any atom is 0.164 e. The molecule has 0 fully saturated rings. The summed E-state index contributed by atoms with van der Waals surface area (Å²) in [4.78, 5) is 20.3. The summed E-state index contributed by atoms with van der Waals surface area (Å²) in [5.74, 6) is 1.93. The first kappa shape index (κ1) is 44.1. The fraction of sp³-hybridized carbons (Fsp3) is 0. The van der Waals surface area contributed by atoms with Crippen molar-refractivity contribution in [3.8, 4) is 89.9 Å². The van der Waals surface area contributed by atoms with Gasteiger partial charge in [0.15, 0.2) is 17.5 Å².